The Morgan fingerprint density at radius 3 is 2.46 bits per heavy atom. The van der Waals surface area contributed by atoms with E-state index in [-0.39, 0.29) is 12.1 Å². The highest BCUT2D eigenvalue weighted by Gasteiger charge is 2.50. The van der Waals surface area contributed by atoms with Crippen LogP contribution in [0, 0.1) is 17.1 Å². The van der Waals surface area contributed by atoms with Gasteiger partial charge in [0.2, 0.25) is 5.91 Å². The Balaban J connectivity index is 1.85. The first-order chi connectivity index (χ1) is 13.4. The Morgan fingerprint density at radius 2 is 1.82 bits per heavy atom. The van der Waals surface area contributed by atoms with Crippen LogP contribution in [-0.4, -0.2) is 35.8 Å². The third kappa shape index (κ3) is 3.30. The van der Waals surface area contributed by atoms with Crippen LogP contribution in [0.4, 0.5) is 14.9 Å². The van der Waals surface area contributed by atoms with Crippen molar-refractivity contribution < 1.29 is 18.8 Å². The summed E-state index contributed by atoms with van der Waals surface area (Å²) in [7, 11) is 0. The molecule has 2 aromatic carbocycles. The molecule has 1 saturated heterocycles. The molecule has 1 aliphatic heterocycles. The van der Waals surface area contributed by atoms with Gasteiger partial charge in [0.1, 0.15) is 24.4 Å². The van der Waals surface area contributed by atoms with Gasteiger partial charge in [-0.3, -0.25) is 19.4 Å². The number of urea groups is 1. The molecule has 0 spiro atoms. The highest BCUT2D eigenvalue weighted by molar-refractivity contribution is 6.10. The standard InChI is InChI=1S/C20H17FN4O3/c1-20(15-9-5-6-10-16(15)21)18(27)25(19(28)23-20)13-17(26)24(12-11-22)14-7-3-2-4-8-14/h2-10H,12-13H2,1H3,(H,23,28)/t20-/m0/s1. The number of imide groups is 1. The smallest absolute Gasteiger partial charge is 0.319 e. The molecular formula is C20H17FN4O3. The molecule has 0 saturated carbocycles. The van der Waals surface area contributed by atoms with E-state index in [1.165, 1.54) is 30.0 Å². The number of rotatable bonds is 5. The Bertz CT molecular complexity index is 973. The zero-order valence-electron chi connectivity index (χ0n) is 15.1. The molecule has 28 heavy (non-hydrogen) atoms. The van der Waals surface area contributed by atoms with E-state index in [1.807, 2.05) is 6.07 Å². The number of nitrogens with one attached hydrogen (secondary N) is 1. The third-order valence-electron chi connectivity index (χ3n) is 4.58. The summed E-state index contributed by atoms with van der Waals surface area (Å²) in [5, 5.41) is 11.5. The summed E-state index contributed by atoms with van der Waals surface area (Å²) in [5.74, 6) is -1.97. The number of halogens is 1. The fourth-order valence-corrected chi connectivity index (χ4v) is 3.11. The van der Waals surface area contributed by atoms with Gasteiger partial charge in [0, 0.05) is 11.3 Å². The summed E-state index contributed by atoms with van der Waals surface area (Å²) < 4.78 is 14.2. The van der Waals surface area contributed by atoms with E-state index in [2.05, 4.69) is 5.32 Å². The van der Waals surface area contributed by atoms with Gasteiger partial charge >= 0.3 is 6.03 Å². The lowest BCUT2D eigenvalue weighted by Crippen LogP contribution is -2.45. The monoisotopic (exact) mass is 380 g/mol. The van der Waals surface area contributed by atoms with Gasteiger partial charge in [-0.2, -0.15) is 5.26 Å². The lowest BCUT2D eigenvalue weighted by Gasteiger charge is -2.24. The second kappa shape index (κ2) is 7.48. The molecule has 0 radical (unpaired) electrons. The van der Waals surface area contributed by atoms with Crippen molar-refractivity contribution in [2.45, 2.75) is 12.5 Å². The molecule has 0 aromatic heterocycles. The molecule has 142 valence electrons. The van der Waals surface area contributed by atoms with Crippen molar-refractivity contribution in [2.24, 2.45) is 0 Å². The van der Waals surface area contributed by atoms with Crippen LogP contribution in [0.15, 0.2) is 54.6 Å². The first-order valence-electron chi connectivity index (χ1n) is 8.50. The minimum atomic E-state index is -1.62. The number of nitriles is 1. The van der Waals surface area contributed by atoms with Crippen LogP contribution >= 0.6 is 0 Å². The number of carbonyl (C=O) groups is 3. The quantitative estimate of drug-likeness (QED) is 0.635. The Hall–Kier alpha value is -3.73. The van der Waals surface area contributed by atoms with Crippen molar-refractivity contribution in [3.63, 3.8) is 0 Å². The van der Waals surface area contributed by atoms with Crippen LogP contribution in [0.25, 0.3) is 0 Å². The van der Waals surface area contributed by atoms with E-state index in [0.29, 0.717) is 5.69 Å². The predicted molar refractivity (Wildman–Crippen MR) is 98.4 cm³/mol. The molecule has 3 rings (SSSR count). The maximum atomic E-state index is 14.2. The van der Waals surface area contributed by atoms with Gasteiger partial charge in [-0.1, -0.05) is 36.4 Å². The molecular weight excluding hydrogens is 363 g/mol. The molecule has 8 heteroatoms. The molecule has 1 heterocycles. The van der Waals surface area contributed by atoms with Crippen molar-refractivity contribution in [1.29, 1.82) is 5.26 Å². The fraction of sp³-hybridized carbons (Fsp3) is 0.200. The van der Waals surface area contributed by atoms with Crippen LogP contribution in [0.3, 0.4) is 0 Å². The summed E-state index contributed by atoms with van der Waals surface area (Å²) in [6.07, 6.45) is 0. The van der Waals surface area contributed by atoms with E-state index in [1.54, 1.807) is 36.4 Å². The number of carbonyl (C=O) groups excluding carboxylic acids is 3. The van der Waals surface area contributed by atoms with Crippen LogP contribution in [0.5, 0.6) is 0 Å². The van der Waals surface area contributed by atoms with E-state index in [9.17, 15) is 18.8 Å². The predicted octanol–water partition coefficient (Wildman–Crippen LogP) is 2.15. The first kappa shape index (κ1) is 19.0. The average Bonchev–Trinajstić information content (AvgIpc) is 2.90. The van der Waals surface area contributed by atoms with Gasteiger partial charge in [0.25, 0.3) is 5.91 Å². The minimum absolute atomic E-state index is 0.0141. The van der Waals surface area contributed by atoms with Crippen molar-refractivity contribution in [2.75, 3.05) is 18.0 Å². The lowest BCUT2D eigenvalue weighted by molar-refractivity contribution is -0.134. The number of hydrogen-bond donors (Lipinski definition) is 1. The summed E-state index contributed by atoms with van der Waals surface area (Å²) in [4.78, 5) is 39.9. The molecule has 1 atom stereocenters. The van der Waals surface area contributed by atoms with Gasteiger partial charge in [0.05, 0.1) is 6.07 Å². The molecule has 0 aliphatic carbocycles. The van der Waals surface area contributed by atoms with E-state index < -0.39 is 35.7 Å². The Labute approximate surface area is 161 Å². The van der Waals surface area contributed by atoms with Crippen LogP contribution in [-0.2, 0) is 15.1 Å². The first-order valence-corrected chi connectivity index (χ1v) is 8.50. The van der Waals surface area contributed by atoms with Crippen LogP contribution in [0.1, 0.15) is 12.5 Å². The van der Waals surface area contributed by atoms with Crippen LogP contribution in [0.2, 0.25) is 0 Å². The molecule has 4 amide bonds. The minimum Gasteiger partial charge on any atom is -0.319 e. The summed E-state index contributed by atoms with van der Waals surface area (Å²) in [6, 6.07) is 15.2. The van der Waals surface area contributed by atoms with Gasteiger partial charge in [-0.05, 0) is 25.1 Å². The van der Waals surface area contributed by atoms with E-state index in [0.717, 1.165) is 4.90 Å². The topological polar surface area (TPSA) is 93.5 Å². The average molecular weight is 380 g/mol. The molecule has 1 aliphatic rings. The highest BCUT2D eigenvalue weighted by atomic mass is 19.1. The lowest BCUT2D eigenvalue weighted by atomic mass is 9.91. The number of amides is 4. The number of anilines is 1. The fourth-order valence-electron chi connectivity index (χ4n) is 3.11. The Morgan fingerprint density at radius 1 is 1.18 bits per heavy atom. The summed E-state index contributed by atoms with van der Waals surface area (Å²) >= 11 is 0. The van der Waals surface area contributed by atoms with E-state index in [4.69, 9.17) is 5.26 Å². The van der Waals surface area contributed by atoms with E-state index >= 15 is 0 Å². The SMILES string of the molecule is C[C@@]1(c2ccccc2F)NC(=O)N(CC(=O)N(CC#N)c2ccccc2)C1=O. The number of para-hydroxylation sites is 1. The zero-order chi connectivity index (χ0) is 20.3. The second-order valence-corrected chi connectivity index (χ2v) is 6.40. The molecule has 2 aromatic rings. The van der Waals surface area contributed by atoms with Crippen molar-refractivity contribution in [1.82, 2.24) is 10.2 Å². The van der Waals surface area contributed by atoms with Gasteiger partial charge in [-0.15, -0.1) is 0 Å². The molecule has 1 fully saturated rings. The number of hydrogen-bond acceptors (Lipinski definition) is 4. The summed E-state index contributed by atoms with van der Waals surface area (Å²) in [5.41, 5.74) is -1.13. The van der Waals surface area contributed by atoms with Crippen molar-refractivity contribution in [3.05, 3.63) is 66.0 Å². The maximum absolute atomic E-state index is 14.2. The molecule has 0 bridgehead atoms. The van der Waals surface area contributed by atoms with Crippen LogP contribution < -0.4 is 10.2 Å². The number of nitrogens with zero attached hydrogens (tertiary/aromatic N) is 3. The van der Waals surface area contributed by atoms with Crippen molar-refractivity contribution in [3.8, 4) is 6.07 Å². The summed E-state index contributed by atoms with van der Waals surface area (Å²) in [6.45, 7) is 0.586. The number of benzene rings is 2. The van der Waals surface area contributed by atoms with Crippen molar-refractivity contribution >= 4 is 23.5 Å². The second-order valence-electron chi connectivity index (χ2n) is 6.40. The van der Waals surface area contributed by atoms with Gasteiger partial charge in [0.15, 0.2) is 0 Å². The molecule has 1 N–H and O–H groups in total. The molecule has 7 nitrogen and oxygen atoms in total. The zero-order valence-corrected chi connectivity index (χ0v) is 15.1. The normalized spacial score (nSPS) is 18.5. The maximum Gasteiger partial charge on any atom is 0.325 e. The van der Waals surface area contributed by atoms with Gasteiger partial charge in [-0.25, -0.2) is 9.18 Å². The largest absolute Gasteiger partial charge is 0.325 e. The molecule has 0 unspecified atom stereocenters. The highest BCUT2D eigenvalue weighted by Crippen LogP contribution is 2.30. The van der Waals surface area contributed by atoms with Gasteiger partial charge < -0.3 is 5.32 Å². The third-order valence-corrected chi connectivity index (χ3v) is 4.58. The Kier molecular flexibility index (Phi) is 5.09.